The number of carbonyl (C=O) groups excluding carboxylic acids is 1. The molecule has 1 aromatic carbocycles. The van der Waals surface area contributed by atoms with Crippen molar-refractivity contribution in [2.75, 3.05) is 26.8 Å². The van der Waals surface area contributed by atoms with Crippen LogP contribution in [-0.2, 0) is 16.1 Å². The van der Waals surface area contributed by atoms with E-state index in [0.717, 1.165) is 13.1 Å². The number of aliphatic hydroxyl groups is 1. The van der Waals surface area contributed by atoms with Gasteiger partial charge < -0.3 is 9.84 Å². The smallest absolute Gasteiger partial charge is 0.310 e. The third-order valence-corrected chi connectivity index (χ3v) is 3.50. The number of nitrogens with zero attached hydrogens (tertiary/aromatic N) is 1. The van der Waals surface area contributed by atoms with Gasteiger partial charge in [-0.3, -0.25) is 9.69 Å². The van der Waals surface area contributed by atoms with E-state index in [1.165, 1.54) is 12.7 Å². The van der Waals surface area contributed by atoms with Gasteiger partial charge in [-0.1, -0.05) is 30.3 Å². The van der Waals surface area contributed by atoms with Crippen LogP contribution in [-0.4, -0.2) is 42.8 Å². The van der Waals surface area contributed by atoms with Crippen LogP contribution in [0.15, 0.2) is 30.3 Å². The summed E-state index contributed by atoms with van der Waals surface area (Å²) in [6, 6.07) is 10.1. The van der Waals surface area contributed by atoms with Crippen molar-refractivity contribution >= 4 is 5.97 Å². The number of likely N-dealkylation sites (tertiary alicyclic amines) is 1. The van der Waals surface area contributed by atoms with Crippen LogP contribution >= 0.6 is 0 Å². The van der Waals surface area contributed by atoms with Gasteiger partial charge >= 0.3 is 5.97 Å². The van der Waals surface area contributed by atoms with Crippen molar-refractivity contribution in [1.82, 2.24) is 4.90 Å². The summed E-state index contributed by atoms with van der Waals surface area (Å²) in [5.41, 5.74) is 1.22. The summed E-state index contributed by atoms with van der Waals surface area (Å²) < 4.78 is 4.79. The number of hydrogen-bond acceptors (Lipinski definition) is 4. The Bertz CT molecular complexity index is 393. The van der Waals surface area contributed by atoms with Crippen molar-refractivity contribution in [3.05, 3.63) is 35.9 Å². The zero-order valence-electron chi connectivity index (χ0n) is 10.6. The summed E-state index contributed by atoms with van der Waals surface area (Å²) in [6.07, 6.45) is 0. The number of ether oxygens (including phenoxy) is 1. The third-order valence-electron chi connectivity index (χ3n) is 3.50. The maximum absolute atomic E-state index is 11.6. The molecule has 2 atom stereocenters. The quantitative estimate of drug-likeness (QED) is 0.806. The molecule has 1 aliphatic heterocycles. The molecule has 1 heterocycles. The van der Waals surface area contributed by atoms with Crippen molar-refractivity contribution in [3.63, 3.8) is 0 Å². The fraction of sp³-hybridized carbons (Fsp3) is 0.500. The van der Waals surface area contributed by atoms with Gasteiger partial charge in [-0.05, 0) is 5.56 Å². The highest BCUT2D eigenvalue weighted by Crippen LogP contribution is 2.25. The van der Waals surface area contributed by atoms with Gasteiger partial charge in [0, 0.05) is 32.2 Å². The molecule has 0 unspecified atom stereocenters. The first-order valence-corrected chi connectivity index (χ1v) is 6.19. The van der Waals surface area contributed by atoms with Gasteiger partial charge in [0.25, 0.3) is 0 Å². The van der Waals surface area contributed by atoms with Crippen molar-refractivity contribution in [1.29, 1.82) is 0 Å². The Morgan fingerprint density at radius 2 is 2.11 bits per heavy atom. The fourth-order valence-corrected chi connectivity index (χ4v) is 2.53. The molecule has 0 spiro atoms. The lowest BCUT2D eigenvalue weighted by Crippen LogP contribution is -2.26. The molecule has 1 saturated heterocycles. The van der Waals surface area contributed by atoms with Crippen LogP contribution in [0.25, 0.3) is 0 Å². The SMILES string of the molecule is COC(=O)[C@H]1CN(Cc2ccccc2)C[C@H]1CO. The molecule has 1 fully saturated rings. The average Bonchev–Trinajstić information content (AvgIpc) is 2.82. The first kappa shape index (κ1) is 13.1. The molecule has 98 valence electrons. The van der Waals surface area contributed by atoms with E-state index in [1.807, 2.05) is 18.2 Å². The van der Waals surface area contributed by atoms with E-state index in [2.05, 4.69) is 17.0 Å². The molecule has 0 radical (unpaired) electrons. The molecule has 4 nitrogen and oxygen atoms in total. The molecular formula is C14H19NO3. The summed E-state index contributed by atoms with van der Waals surface area (Å²) in [5.74, 6) is -0.436. The van der Waals surface area contributed by atoms with Gasteiger partial charge in [0.15, 0.2) is 0 Å². The number of carbonyl (C=O) groups is 1. The Kier molecular flexibility index (Phi) is 4.33. The Morgan fingerprint density at radius 1 is 1.39 bits per heavy atom. The Labute approximate surface area is 107 Å². The predicted octanol–water partition coefficient (Wildman–Crippen LogP) is 0.900. The maximum atomic E-state index is 11.6. The van der Waals surface area contributed by atoms with Gasteiger partial charge in [0.1, 0.15) is 0 Å². The molecule has 0 amide bonds. The number of esters is 1. The van der Waals surface area contributed by atoms with Gasteiger partial charge in [-0.2, -0.15) is 0 Å². The van der Waals surface area contributed by atoms with Gasteiger partial charge in [-0.25, -0.2) is 0 Å². The molecule has 1 aliphatic rings. The normalized spacial score (nSPS) is 24.1. The minimum atomic E-state index is -0.218. The van der Waals surface area contributed by atoms with E-state index >= 15 is 0 Å². The van der Waals surface area contributed by atoms with Gasteiger partial charge in [0.2, 0.25) is 0 Å². The van der Waals surface area contributed by atoms with Crippen molar-refractivity contribution in [2.24, 2.45) is 11.8 Å². The van der Waals surface area contributed by atoms with Crippen LogP contribution in [0, 0.1) is 11.8 Å². The van der Waals surface area contributed by atoms with Crippen LogP contribution < -0.4 is 0 Å². The summed E-state index contributed by atoms with van der Waals surface area (Å²) >= 11 is 0. The highest BCUT2D eigenvalue weighted by atomic mass is 16.5. The highest BCUT2D eigenvalue weighted by molar-refractivity contribution is 5.73. The van der Waals surface area contributed by atoms with Crippen LogP contribution in [0.1, 0.15) is 5.56 Å². The molecule has 4 heteroatoms. The third kappa shape index (κ3) is 2.89. The fourth-order valence-electron chi connectivity index (χ4n) is 2.53. The van der Waals surface area contributed by atoms with E-state index in [9.17, 15) is 9.90 Å². The summed E-state index contributed by atoms with van der Waals surface area (Å²) in [4.78, 5) is 13.8. The maximum Gasteiger partial charge on any atom is 0.310 e. The van der Waals surface area contributed by atoms with Gasteiger partial charge in [0.05, 0.1) is 13.0 Å². The molecule has 18 heavy (non-hydrogen) atoms. The first-order chi connectivity index (χ1) is 8.74. The second-order valence-electron chi connectivity index (χ2n) is 4.75. The summed E-state index contributed by atoms with van der Waals surface area (Å²) in [6.45, 7) is 2.24. The lowest BCUT2D eigenvalue weighted by Gasteiger charge is -2.15. The monoisotopic (exact) mass is 249 g/mol. The second kappa shape index (κ2) is 5.98. The van der Waals surface area contributed by atoms with E-state index < -0.39 is 0 Å². The van der Waals surface area contributed by atoms with E-state index in [-0.39, 0.29) is 24.4 Å². The minimum Gasteiger partial charge on any atom is -0.469 e. The van der Waals surface area contributed by atoms with E-state index in [0.29, 0.717) is 6.54 Å². The van der Waals surface area contributed by atoms with Crippen molar-refractivity contribution in [2.45, 2.75) is 6.54 Å². The number of aliphatic hydroxyl groups excluding tert-OH is 1. The molecule has 1 aromatic rings. The topological polar surface area (TPSA) is 49.8 Å². The number of rotatable bonds is 4. The standard InChI is InChI=1S/C14H19NO3/c1-18-14(17)13-9-15(8-12(13)10-16)7-11-5-3-2-4-6-11/h2-6,12-13,16H,7-10H2,1H3/t12-,13-/m0/s1. The predicted molar refractivity (Wildman–Crippen MR) is 67.8 cm³/mol. The van der Waals surface area contributed by atoms with E-state index in [1.54, 1.807) is 0 Å². The molecule has 2 rings (SSSR count). The number of methoxy groups -OCH3 is 1. The largest absolute Gasteiger partial charge is 0.469 e. The minimum absolute atomic E-state index is 0.0128. The zero-order chi connectivity index (χ0) is 13.0. The van der Waals surface area contributed by atoms with Gasteiger partial charge in [-0.15, -0.1) is 0 Å². The average molecular weight is 249 g/mol. The molecular weight excluding hydrogens is 230 g/mol. The van der Waals surface area contributed by atoms with Crippen molar-refractivity contribution < 1.29 is 14.6 Å². The Morgan fingerprint density at radius 3 is 2.72 bits per heavy atom. The molecule has 1 N–H and O–H groups in total. The lowest BCUT2D eigenvalue weighted by atomic mass is 9.97. The summed E-state index contributed by atoms with van der Waals surface area (Å²) in [5, 5.41) is 9.33. The summed E-state index contributed by atoms with van der Waals surface area (Å²) in [7, 11) is 1.40. The van der Waals surface area contributed by atoms with Crippen LogP contribution in [0.3, 0.4) is 0 Å². The number of benzene rings is 1. The zero-order valence-corrected chi connectivity index (χ0v) is 10.6. The van der Waals surface area contributed by atoms with Crippen LogP contribution in [0.2, 0.25) is 0 Å². The lowest BCUT2D eigenvalue weighted by molar-refractivity contribution is -0.146. The molecule has 0 bridgehead atoms. The Balaban J connectivity index is 1.99. The molecule has 0 saturated carbocycles. The Hall–Kier alpha value is -1.39. The second-order valence-corrected chi connectivity index (χ2v) is 4.75. The number of hydrogen-bond donors (Lipinski definition) is 1. The molecule has 0 aliphatic carbocycles. The highest BCUT2D eigenvalue weighted by Gasteiger charge is 2.37. The van der Waals surface area contributed by atoms with Crippen LogP contribution in [0.5, 0.6) is 0 Å². The van der Waals surface area contributed by atoms with Crippen LogP contribution in [0.4, 0.5) is 0 Å². The molecule has 0 aromatic heterocycles. The van der Waals surface area contributed by atoms with Crippen molar-refractivity contribution in [3.8, 4) is 0 Å². The first-order valence-electron chi connectivity index (χ1n) is 6.19. The van der Waals surface area contributed by atoms with E-state index in [4.69, 9.17) is 4.74 Å².